The van der Waals surface area contributed by atoms with Crippen molar-refractivity contribution in [2.75, 3.05) is 18.5 Å². The van der Waals surface area contributed by atoms with E-state index in [1.165, 1.54) is 6.42 Å². The molecule has 0 radical (unpaired) electrons. The van der Waals surface area contributed by atoms with Crippen LogP contribution in [0.3, 0.4) is 0 Å². The van der Waals surface area contributed by atoms with Crippen molar-refractivity contribution in [3.05, 3.63) is 58.1 Å². The minimum absolute atomic E-state index is 0.0940. The van der Waals surface area contributed by atoms with Crippen LogP contribution >= 0.6 is 15.9 Å². The first-order valence-electron chi connectivity index (χ1n) is 11.3. The molecule has 6 nitrogen and oxygen atoms in total. The molecule has 2 fully saturated rings. The Morgan fingerprint density at radius 3 is 2.53 bits per heavy atom. The molecule has 1 unspecified atom stereocenters. The number of carbonyl (C=O) groups is 2. The van der Waals surface area contributed by atoms with E-state index < -0.39 is 0 Å². The number of hydrogen-bond donors (Lipinski definition) is 2. The van der Waals surface area contributed by atoms with Gasteiger partial charge in [0.25, 0.3) is 11.8 Å². The van der Waals surface area contributed by atoms with Crippen molar-refractivity contribution in [3.63, 3.8) is 0 Å². The fourth-order valence-electron chi connectivity index (χ4n) is 4.17. The molecule has 1 aliphatic carbocycles. The van der Waals surface area contributed by atoms with E-state index in [9.17, 15) is 9.59 Å². The van der Waals surface area contributed by atoms with Crippen molar-refractivity contribution in [2.45, 2.75) is 57.1 Å². The molecule has 4 rings (SSSR count). The molecule has 2 N–H and O–H groups in total. The molecule has 32 heavy (non-hydrogen) atoms. The molecule has 170 valence electrons. The van der Waals surface area contributed by atoms with Gasteiger partial charge in [-0.3, -0.25) is 9.59 Å². The molecule has 0 aromatic heterocycles. The predicted molar refractivity (Wildman–Crippen MR) is 127 cm³/mol. The zero-order valence-corrected chi connectivity index (χ0v) is 19.7. The van der Waals surface area contributed by atoms with Gasteiger partial charge in [0.05, 0.1) is 10.6 Å². The first-order chi connectivity index (χ1) is 15.6. The van der Waals surface area contributed by atoms with Gasteiger partial charge in [-0.1, -0.05) is 25.3 Å². The standard InChI is InChI=1S/C25H29BrN2O4/c26-22-15-18(11-12-23(22)32-16-21-10-5-13-31-21)25(30)28-20-9-4-6-17(14-20)24(29)27-19-7-2-1-3-8-19/h4,6,9,11-12,14-15,19,21H,1-3,5,7-8,10,13,16H2,(H,27,29)(H,28,30). The Hall–Kier alpha value is -2.38. The van der Waals surface area contributed by atoms with Crippen LogP contribution in [0, 0.1) is 0 Å². The Balaban J connectivity index is 1.35. The van der Waals surface area contributed by atoms with E-state index in [0.717, 1.165) is 45.1 Å². The van der Waals surface area contributed by atoms with Crippen LogP contribution in [0.15, 0.2) is 46.9 Å². The smallest absolute Gasteiger partial charge is 0.255 e. The molecule has 1 saturated carbocycles. The van der Waals surface area contributed by atoms with Crippen molar-refractivity contribution in [2.24, 2.45) is 0 Å². The van der Waals surface area contributed by atoms with Crippen LogP contribution in [0.1, 0.15) is 65.7 Å². The summed E-state index contributed by atoms with van der Waals surface area (Å²) >= 11 is 3.49. The lowest BCUT2D eigenvalue weighted by molar-refractivity contribution is 0.0677. The molecule has 2 aliphatic rings. The van der Waals surface area contributed by atoms with Gasteiger partial charge in [0.15, 0.2) is 0 Å². The van der Waals surface area contributed by atoms with Gasteiger partial charge in [0, 0.05) is 29.5 Å². The SMILES string of the molecule is O=C(Nc1cccc(C(=O)NC2CCCCC2)c1)c1ccc(OCC2CCCO2)c(Br)c1. The highest BCUT2D eigenvalue weighted by molar-refractivity contribution is 9.10. The maximum absolute atomic E-state index is 12.7. The number of amides is 2. The Bertz CT molecular complexity index is 953. The molecular formula is C25H29BrN2O4. The summed E-state index contributed by atoms with van der Waals surface area (Å²) in [5.41, 5.74) is 1.63. The van der Waals surface area contributed by atoms with Crippen molar-refractivity contribution in [3.8, 4) is 5.75 Å². The second-order valence-electron chi connectivity index (χ2n) is 8.43. The van der Waals surface area contributed by atoms with Crippen LogP contribution in [0.5, 0.6) is 5.75 Å². The van der Waals surface area contributed by atoms with Crippen LogP contribution < -0.4 is 15.4 Å². The summed E-state index contributed by atoms with van der Waals surface area (Å²) in [6.45, 7) is 1.29. The van der Waals surface area contributed by atoms with E-state index in [4.69, 9.17) is 9.47 Å². The number of halogens is 1. The van der Waals surface area contributed by atoms with Gasteiger partial charge in [-0.2, -0.15) is 0 Å². The van der Waals surface area contributed by atoms with Gasteiger partial charge in [-0.25, -0.2) is 0 Å². The van der Waals surface area contributed by atoms with Crippen molar-refractivity contribution >= 4 is 33.4 Å². The molecule has 2 aromatic rings. The molecule has 0 bridgehead atoms. The lowest BCUT2D eigenvalue weighted by Crippen LogP contribution is -2.36. The van der Waals surface area contributed by atoms with E-state index in [2.05, 4.69) is 26.6 Å². The van der Waals surface area contributed by atoms with Crippen LogP contribution in [-0.2, 0) is 4.74 Å². The second-order valence-corrected chi connectivity index (χ2v) is 9.29. The molecular weight excluding hydrogens is 472 g/mol. The number of benzene rings is 2. The summed E-state index contributed by atoms with van der Waals surface area (Å²) in [7, 11) is 0. The minimum Gasteiger partial charge on any atom is -0.490 e. The average molecular weight is 501 g/mol. The topological polar surface area (TPSA) is 76.7 Å². The van der Waals surface area contributed by atoms with E-state index in [-0.39, 0.29) is 24.0 Å². The van der Waals surface area contributed by atoms with Crippen molar-refractivity contribution in [1.29, 1.82) is 0 Å². The van der Waals surface area contributed by atoms with E-state index in [0.29, 0.717) is 33.6 Å². The minimum atomic E-state index is -0.249. The number of anilines is 1. The zero-order chi connectivity index (χ0) is 22.3. The molecule has 2 aromatic carbocycles. The fourth-order valence-corrected chi connectivity index (χ4v) is 4.67. The summed E-state index contributed by atoms with van der Waals surface area (Å²) in [5.74, 6) is 0.336. The molecule has 1 heterocycles. The maximum Gasteiger partial charge on any atom is 0.255 e. The number of ether oxygens (including phenoxy) is 2. The van der Waals surface area contributed by atoms with E-state index in [1.807, 2.05) is 0 Å². The van der Waals surface area contributed by atoms with E-state index in [1.54, 1.807) is 42.5 Å². The normalized spacial score (nSPS) is 18.8. The Morgan fingerprint density at radius 1 is 0.969 bits per heavy atom. The molecule has 0 spiro atoms. The lowest BCUT2D eigenvalue weighted by atomic mass is 9.95. The zero-order valence-electron chi connectivity index (χ0n) is 18.1. The predicted octanol–water partition coefficient (Wildman–Crippen LogP) is 5.32. The van der Waals surface area contributed by atoms with Crippen LogP contribution in [0.25, 0.3) is 0 Å². The summed E-state index contributed by atoms with van der Waals surface area (Å²) in [6, 6.07) is 12.5. The van der Waals surface area contributed by atoms with Crippen molar-refractivity contribution in [1.82, 2.24) is 5.32 Å². The van der Waals surface area contributed by atoms with Gasteiger partial charge in [0.1, 0.15) is 12.4 Å². The average Bonchev–Trinajstić information content (AvgIpc) is 3.33. The highest BCUT2D eigenvalue weighted by Gasteiger charge is 2.18. The Morgan fingerprint density at radius 2 is 1.78 bits per heavy atom. The number of carbonyl (C=O) groups excluding carboxylic acids is 2. The largest absolute Gasteiger partial charge is 0.490 e. The van der Waals surface area contributed by atoms with Gasteiger partial charge >= 0.3 is 0 Å². The maximum atomic E-state index is 12.7. The van der Waals surface area contributed by atoms with E-state index >= 15 is 0 Å². The Kier molecular flexibility index (Phi) is 7.81. The first kappa shape index (κ1) is 22.8. The van der Waals surface area contributed by atoms with Gasteiger partial charge < -0.3 is 20.1 Å². The highest BCUT2D eigenvalue weighted by Crippen LogP contribution is 2.27. The third-order valence-electron chi connectivity index (χ3n) is 5.97. The molecule has 1 aliphatic heterocycles. The summed E-state index contributed by atoms with van der Waals surface area (Å²) < 4.78 is 12.1. The van der Waals surface area contributed by atoms with Crippen LogP contribution in [0.4, 0.5) is 5.69 Å². The first-order valence-corrected chi connectivity index (χ1v) is 12.1. The monoisotopic (exact) mass is 500 g/mol. The molecule has 1 atom stereocenters. The molecule has 7 heteroatoms. The van der Waals surface area contributed by atoms with Crippen LogP contribution in [0.2, 0.25) is 0 Å². The van der Waals surface area contributed by atoms with Gasteiger partial charge in [0.2, 0.25) is 0 Å². The van der Waals surface area contributed by atoms with Crippen molar-refractivity contribution < 1.29 is 19.1 Å². The molecule has 2 amide bonds. The quantitative estimate of drug-likeness (QED) is 0.539. The summed E-state index contributed by atoms with van der Waals surface area (Å²) in [5, 5.41) is 5.99. The van der Waals surface area contributed by atoms with Gasteiger partial charge in [-0.15, -0.1) is 0 Å². The third-order valence-corrected chi connectivity index (χ3v) is 6.59. The third kappa shape index (κ3) is 6.11. The Labute approximate surface area is 197 Å². The van der Waals surface area contributed by atoms with Crippen LogP contribution in [-0.4, -0.2) is 37.2 Å². The molecule has 1 saturated heterocycles. The number of hydrogen-bond acceptors (Lipinski definition) is 4. The second kappa shape index (κ2) is 11.0. The highest BCUT2D eigenvalue weighted by atomic mass is 79.9. The number of rotatable bonds is 7. The number of nitrogens with one attached hydrogen (secondary N) is 2. The summed E-state index contributed by atoms with van der Waals surface area (Å²) in [4.78, 5) is 25.4. The lowest BCUT2D eigenvalue weighted by Gasteiger charge is -2.22. The summed E-state index contributed by atoms with van der Waals surface area (Å²) in [6.07, 6.45) is 7.84. The fraction of sp³-hybridized carbons (Fsp3) is 0.440. The van der Waals surface area contributed by atoms with Gasteiger partial charge in [-0.05, 0) is 78.0 Å².